The molecule has 0 bridgehead atoms. The number of nitrogens with two attached hydrogens (primary N) is 1. The Bertz CT molecular complexity index is 2310. The molecule has 17 heteroatoms. The maximum atomic E-state index is 14.8. The van der Waals surface area contributed by atoms with Crippen molar-refractivity contribution in [1.29, 1.82) is 0 Å². The van der Waals surface area contributed by atoms with Crippen molar-refractivity contribution in [3.8, 4) is 23.0 Å². The zero-order valence-corrected chi connectivity index (χ0v) is 27.3. The lowest BCUT2D eigenvalue weighted by molar-refractivity contribution is -0.142. The van der Waals surface area contributed by atoms with E-state index in [9.17, 15) is 44.7 Å². The second kappa shape index (κ2) is 14.1. The number of benzene rings is 2. The zero-order valence-electron chi connectivity index (χ0n) is 27.3. The smallest absolute Gasteiger partial charge is 0.366 e. The number of hydrogen-bond donors (Lipinski definition) is 2. The number of primary amides is 1. The summed E-state index contributed by atoms with van der Waals surface area (Å²) in [7, 11) is 0. The van der Waals surface area contributed by atoms with E-state index in [1.165, 1.54) is 18.5 Å². The van der Waals surface area contributed by atoms with Gasteiger partial charge < -0.3 is 11.1 Å². The molecule has 2 aromatic carbocycles. The van der Waals surface area contributed by atoms with Gasteiger partial charge in [-0.15, -0.1) is 0 Å². The van der Waals surface area contributed by atoms with Gasteiger partial charge in [0.1, 0.15) is 29.7 Å². The van der Waals surface area contributed by atoms with Gasteiger partial charge in [0.05, 0.1) is 17.3 Å². The number of alkyl halides is 5. The standard InChI is InChI=1S/C36H25F8N7O2/c1-18-8-19(15-46-14-18)2-5-29-47-16-26(21-3-4-27(39)25(12-21)34(45)53)31(49-29)28(11-20-9-22(37)13-23(38)10-20)48-30(52)17-51-33-24(6-7-35(33,40)41)32(50-51)36(42,43)44/h3-4,8-10,12-16,28H,6-7,11,17H2,1H3,(H2,45,53)(H,48,52). The summed E-state index contributed by atoms with van der Waals surface area (Å²) in [6.45, 7) is 0.674. The molecule has 1 aliphatic rings. The second-order valence-corrected chi connectivity index (χ2v) is 12.2. The highest BCUT2D eigenvalue weighted by molar-refractivity contribution is 5.94. The highest BCUT2D eigenvalue weighted by Gasteiger charge is 2.50. The van der Waals surface area contributed by atoms with E-state index < -0.39 is 95.7 Å². The molecule has 2 amide bonds. The number of aromatic nitrogens is 5. The molecule has 272 valence electrons. The molecule has 1 atom stereocenters. The molecule has 53 heavy (non-hydrogen) atoms. The monoisotopic (exact) mass is 739 g/mol. The minimum absolute atomic E-state index is 0.0290. The number of carbonyl (C=O) groups excluding carboxylic acids is 2. The first-order valence-electron chi connectivity index (χ1n) is 15.7. The highest BCUT2D eigenvalue weighted by atomic mass is 19.4. The van der Waals surface area contributed by atoms with Crippen molar-refractivity contribution in [3.05, 3.63) is 129 Å². The average Bonchev–Trinajstić information content (AvgIpc) is 3.60. The lowest BCUT2D eigenvalue weighted by atomic mass is 9.95. The summed E-state index contributed by atoms with van der Waals surface area (Å²) >= 11 is 0. The zero-order chi connectivity index (χ0) is 38.2. The fourth-order valence-corrected chi connectivity index (χ4v) is 6.02. The van der Waals surface area contributed by atoms with Crippen molar-refractivity contribution in [2.24, 2.45) is 5.73 Å². The number of amides is 2. The number of nitrogens with one attached hydrogen (secondary N) is 1. The molecule has 0 spiro atoms. The van der Waals surface area contributed by atoms with E-state index in [0.717, 1.165) is 29.8 Å². The number of nitrogens with zero attached hydrogens (tertiary/aromatic N) is 5. The molecule has 0 saturated carbocycles. The van der Waals surface area contributed by atoms with Gasteiger partial charge in [0.25, 0.3) is 11.8 Å². The van der Waals surface area contributed by atoms with Crippen molar-refractivity contribution in [2.75, 3.05) is 0 Å². The van der Waals surface area contributed by atoms with Crippen LogP contribution in [0.2, 0.25) is 0 Å². The number of rotatable bonds is 8. The lowest BCUT2D eigenvalue weighted by Gasteiger charge is -2.22. The Morgan fingerprint density at radius 3 is 2.43 bits per heavy atom. The lowest BCUT2D eigenvalue weighted by Crippen LogP contribution is -2.35. The van der Waals surface area contributed by atoms with Gasteiger partial charge in [0, 0.05) is 47.8 Å². The van der Waals surface area contributed by atoms with Gasteiger partial charge in [-0.25, -0.2) is 23.1 Å². The van der Waals surface area contributed by atoms with Crippen LogP contribution in [-0.2, 0) is 36.3 Å². The van der Waals surface area contributed by atoms with Crippen LogP contribution < -0.4 is 11.1 Å². The van der Waals surface area contributed by atoms with Crippen LogP contribution in [0.5, 0.6) is 0 Å². The third-order valence-corrected chi connectivity index (χ3v) is 8.23. The summed E-state index contributed by atoms with van der Waals surface area (Å²) in [5.41, 5.74) is 2.77. The molecule has 0 saturated heterocycles. The Morgan fingerprint density at radius 1 is 1.02 bits per heavy atom. The number of halogens is 8. The van der Waals surface area contributed by atoms with Gasteiger partial charge in [-0.1, -0.05) is 12.0 Å². The molecule has 1 unspecified atom stereocenters. The molecular weight excluding hydrogens is 714 g/mol. The Hall–Kier alpha value is -6.18. The van der Waals surface area contributed by atoms with Gasteiger partial charge in [-0.05, 0) is 72.7 Å². The van der Waals surface area contributed by atoms with Crippen LogP contribution in [0.3, 0.4) is 0 Å². The largest absolute Gasteiger partial charge is 0.435 e. The van der Waals surface area contributed by atoms with E-state index in [2.05, 4.69) is 37.2 Å². The van der Waals surface area contributed by atoms with Crippen molar-refractivity contribution >= 4 is 11.8 Å². The SMILES string of the molecule is Cc1cncc(C#Cc2ncc(-c3ccc(F)c(C(N)=O)c3)c(C(Cc3cc(F)cc(F)c3)NC(=O)Cn3nc(C(F)(F)F)c4c3C(F)(F)CC4)n2)c1. The van der Waals surface area contributed by atoms with E-state index in [-0.39, 0.29) is 32.9 Å². The predicted molar refractivity (Wildman–Crippen MR) is 171 cm³/mol. The number of pyridine rings is 1. The minimum atomic E-state index is -5.09. The summed E-state index contributed by atoms with van der Waals surface area (Å²) in [6, 6.07) is 6.06. The number of carbonyl (C=O) groups is 2. The van der Waals surface area contributed by atoms with Gasteiger partial charge in [0.2, 0.25) is 11.7 Å². The Morgan fingerprint density at radius 2 is 1.75 bits per heavy atom. The number of fused-ring (bicyclic) bond motifs is 1. The molecule has 0 radical (unpaired) electrons. The molecule has 3 aromatic heterocycles. The van der Waals surface area contributed by atoms with E-state index in [0.29, 0.717) is 11.6 Å². The molecule has 6 rings (SSSR count). The van der Waals surface area contributed by atoms with Crippen molar-refractivity contribution in [1.82, 2.24) is 30.0 Å². The third kappa shape index (κ3) is 8.01. The maximum Gasteiger partial charge on any atom is 0.435 e. The Labute approximate surface area is 295 Å². The van der Waals surface area contributed by atoms with Crippen LogP contribution in [0.4, 0.5) is 35.1 Å². The molecular formula is C36H25F8N7O2. The fourth-order valence-electron chi connectivity index (χ4n) is 6.02. The van der Waals surface area contributed by atoms with Crippen LogP contribution in [0, 0.1) is 36.2 Å². The van der Waals surface area contributed by atoms with E-state index in [4.69, 9.17) is 5.73 Å². The molecule has 1 aliphatic carbocycles. The van der Waals surface area contributed by atoms with Gasteiger partial charge in [-0.3, -0.25) is 19.3 Å². The fraction of sp³-hybridized carbons (Fsp3) is 0.222. The van der Waals surface area contributed by atoms with Crippen LogP contribution in [0.15, 0.2) is 61.1 Å². The normalized spacial score (nSPS) is 13.9. The van der Waals surface area contributed by atoms with Gasteiger partial charge in [-0.2, -0.15) is 27.1 Å². The average molecular weight is 740 g/mol. The van der Waals surface area contributed by atoms with Crippen LogP contribution >= 0.6 is 0 Å². The molecule has 3 heterocycles. The van der Waals surface area contributed by atoms with E-state index in [1.807, 2.05) is 0 Å². The van der Waals surface area contributed by atoms with E-state index in [1.54, 1.807) is 19.2 Å². The molecule has 0 aliphatic heterocycles. The summed E-state index contributed by atoms with van der Waals surface area (Å²) in [5, 5.41) is 5.84. The first-order chi connectivity index (χ1) is 25.0. The topological polar surface area (TPSA) is 129 Å². The molecule has 9 nitrogen and oxygen atoms in total. The van der Waals surface area contributed by atoms with Gasteiger partial charge >= 0.3 is 6.18 Å². The summed E-state index contributed by atoms with van der Waals surface area (Å²) < 4.78 is 114. The van der Waals surface area contributed by atoms with Crippen molar-refractivity contribution in [3.63, 3.8) is 0 Å². The van der Waals surface area contributed by atoms with E-state index >= 15 is 0 Å². The number of hydrogen-bond acceptors (Lipinski definition) is 6. The molecule has 0 fully saturated rings. The quantitative estimate of drug-likeness (QED) is 0.146. The second-order valence-electron chi connectivity index (χ2n) is 12.2. The van der Waals surface area contributed by atoms with Crippen molar-refractivity contribution < 1.29 is 44.7 Å². The van der Waals surface area contributed by atoms with Crippen LogP contribution in [0.1, 0.15) is 68.0 Å². The third-order valence-electron chi connectivity index (χ3n) is 8.23. The van der Waals surface area contributed by atoms with Crippen LogP contribution in [-0.4, -0.2) is 36.5 Å². The first kappa shape index (κ1) is 36.6. The van der Waals surface area contributed by atoms with Crippen molar-refractivity contribution in [2.45, 2.75) is 50.9 Å². The molecule has 5 aromatic rings. The highest BCUT2D eigenvalue weighted by Crippen LogP contribution is 2.46. The Balaban J connectivity index is 1.47. The predicted octanol–water partition coefficient (Wildman–Crippen LogP) is 6.12. The summed E-state index contributed by atoms with van der Waals surface area (Å²) in [6.07, 6.45) is -2.76. The van der Waals surface area contributed by atoms with Gasteiger partial charge in [0.15, 0.2) is 5.69 Å². The van der Waals surface area contributed by atoms with Crippen LogP contribution in [0.25, 0.3) is 11.1 Å². The summed E-state index contributed by atoms with van der Waals surface area (Å²) in [4.78, 5) is 38.4. The number of aryl methyl sites for hydroxylation is 1. The Kier molecular flexibility index (Phi) is 9.73. The summed E-state index contributed by atoms with van der Waals surface area (Å²) in [5.74, 6) is -3.46. The first-order valence-corrected chi connectivity index (χ1v) is 15.7. The minimum Gasteiger partial charge on any atom is -0.366 e. The maximum absolute atomic E-state index is 14.8. The molecule has 3 N–H and O–H groups in total.